The maximum absolute atomic E-state index is 3.79. The number of alkyl halides is 8. The van der Waals surface area contributed by atoms with Crippen LogP contribution < -0.4 is 0 Å². The van der Waals surface area contributed by atoms with Crippen molar-refractivity contribution < 1.29 is 0 Å². The van der Waals surface area contributed by atoms with E-state index in [0.29, 0.717) is 0 Å². The van der Waals surface area contributed by atoms with Crippen LogP contribution in [0.2, 0.25) is 0 Å². The lowest BCUT2D eigenvalue weighted by Crippen LogP contribution is -2.49. The van der Waals surface area contributed by atoms with Crippen LogP contribution in [0.4, 0.5) is 0 Å². The van der Waals surface area contributed by atoms with Crippen LogP contribution >= 0.6 is 127 Å². The van der Waals surface area contributed by atoms with E-state index < -0.39 is 5.38 Å². The Hall–Kier alpha value is 3.84. The second-order valence-corrected chi connectivity index (χ2v) is 19.6. The van der Waals surface area contributed by atoms with E-state index in [4.69, 9.17) is 0 Å². The maximum Gasteiger partial charge on any atom is 0.162 e. The first kappa shape index (κ1) is 23.8. The Morgan fingerprint density at radius 2 is 1.20 bits per heavy atom. The van der Waals surface area contributed by atoms with Crippen LogP contribution in [0.15, 0.2) is 0 Å². The molecule has 122 valence electrons. The van der Waals surface area contributed by atoms with Crippen molar-refractivity contribution in [2.24, 2.45) is 0 Å². The Morgan fingerprint density at radius 1 is 0.750 bits per heavy atom. The Balaban J connectivity index is 4.35. The Morgan fingerprint density at radius 3 is 1.65 bits per heavy atom. The first-order valence-corrected chi connectivity index (χ1v) is 12.9. The van der Waals surface area contributed by atoms with Gasteiger partial charge in [-0.05, 0) is 6.42 Å². The molecule has 20 heavy (non-hydrogen) atoms. The van der Waals surface area contributed by atoms with Crippen molar-refractivity contribution in [2.75, 3.05) is 0 Å². The third kappa shape index (κ3) is 7.38. The van der Waals surface area contributed by atoms with E-state index in [-0.39, 0.29) is 8.06 Å². The molecule has 0 aromatic rings. The molecular weight excluding hydrogens is 783 g/mol. The van der Waals surface area contributed by atoms with Crippen molar-refractivity contribution >= 4 is 127 Å². The van der Waals surface area contributed by atoms with E-state index in [2.05, 4.69) is 134 Å². The summed E-state index contributed by atoms with van der Waals surface area (Å²) in [5.74, 6) is 0. The van der Waals surface area contributed by atoms with Crippen molar-refractivity contribution in [3.63, 3.8) is 0 Å². The normalized spacial score (nSPS) is 15.4. The van der Waals surface area contributed by atoms with Crippen molar-refractivity contribution in [1.82, 2.24) is 0 Å². The average Bonchev–Trinajstić information content (AvgIpc) is 2.31. The molecule has 0 fully saturated rings. The highest BCUT2D eigenvalue weighted by Gasteiger charge is 2.59. The lowest BCUT2D eigenvalue weighted by Gasteiger charge is -2.43. The lowest BCUT2D eigenvalue weighted by molar-refractivity contribution is 0.570. The van der Waals surface area contributed by atoms with Crippen molar-refractivity contribution in [1.29, 1.82) is 0 Å². The summed E-state index contributed by atoms with van der Waals surface area (Å²) in [7, 11) is 0. The molecule has 1 unspecified atom stereocenters. The molecule has 1 atom stereocenters. The Bertz CT molecular complexity index is 271. The summed E-state index contributed by atoms with van der Waals surface area (Å²) in [6.45, 7) is 2.25. The summed E-state index contributed by atoms with van der Waals surface area (Å²) in [6.07, 6.45) is 8.93. The predicted molar refractivity (Wildman–Crippen MR) is 121 cm³/mol. The van der Waals surface area contributed by atoms with E-state index >= 15 is 0 Å². The van der Waals surface area contributed by atoms with Gasteiger partial charge >= 0.3 is 0 Å². The molecule has 0 aromatic heterocycles. The Labute approximate surface area is 190 Å². The van der Waals surface area contributed by atoms with Crippen molar-refractivity contribution in [3.05, 3.63) is 0 Å². The molecule has 0 bridgehead atoms. The van der Waals surface area contributed by atoms with E-state index in [1.54, 1.807) is 0 Å². The van der Waals surface area contributed by atoms with Gasteiger partial charge in [-0.2, -0.15) is 0 Å². The van der Waals surface area contributed by atoms with Gasteiger partial charge in [-0.25, -0.2) is 0 Å². The fourth-order valence-corrected chi connectivity index (χ4v) is 7.09. The minimum atomic E-state index is -0.500. The smallest absolute Gasteiger partial charge is 0.0865 e. The summed E-state index contributed by atoms with van der Waals surface area (Å²) < 4.78 is -1.37. The predicted octanol–water partition coefficient (Wildman–Crippen LogP) is 9.31. The van der Waals surface area contributed by atoms with E-state index in [1.165, 1.54) is 38.5 Å². The average molecular weight is 802 g/mol. The zero-order chi connectivity index (χ0) is 16.0. The first-order chi connectivity index (χ1) is 8.98. The van der Waals surface area contributed by atoms with Gasteiger partial charge in [0.15, 0.2) is 2.14 Å². The second-order valence-electron chi connectivity index (χ2n) is 4.72. The number of hydrogen-bond acceptors (Lipinski definition) is 0. The first-order valence-electron chi connectivity index (χ1n) is 6.45. The molecular formula is C12H18Br8. The zero-order valence-electron chi connectivity index (χ0n) is 11.1. The summed E-state index contributed by atoms with van der Waals surface area (Å²) in [4.78, 5) is 0.256. The van der Waals surface area contributed by atoms with Gasteiger partial charge in [0.25, 0.3) is 0 Å². The molecule has 0 rings (SSSR count). The second kappa shape index (κ2) is 10.7. The zero-order valence-corrected chi connectivity index (χ0v) is 23.7. The van der Waals surface area contributed by atoms with Gasteiger partial charge in [0.1, 0.15) is 6.47 Å². The third-order valence-corrected chi connectivity index (χ3v) is 17.2. The van der Waals surface area contributed by atoms with Gasteiger partial charge in [0.05, 0.1) is 0 Å². The lowest BCUT2D eigenvalue weighted by atomic mass is 10.1. The topological polar surface area (TPSA) is 0 Å². The van der Waals surface area contributed by atoms with Crippen LogP contribution in [0.1, 0.15) is 51.9 Å². The number of rotatable bonds is 9. The molecule has 0 aromatic carbocycles. The molecule has 0 saturated carbocycles. The molecule has 0 heterocycles. The van der Waals surface area contributed by atoms with Crippen molar-refractivity contribution in [3.8, 4) is 0 Å². The van der Waals surface area contributed by atoms with Gasteiger partial charge in [0.2, 0.25) is 0 Å². The highest BCUT2D eigenvalue weighted by molar-refractivity contribution is 9.42. The largest absolute Gasteiger partial charge is 0.162 e. The van der Waals surface area contributed by atoms with E-state index in [1.807, 2.05) is 0 Å². The molecule has 0 aliphatic heterocycles. The van der Waals surface area contributed by atoms with Gasteiger partial charge in [-0.1, -0.05) is 173 Å². The van der Waals surface area contributed by atoms with Gasteiger partial charge in [-0.3, -0.25) is 0 Å². The molecule has 8 heteroatoms. The summed E-state index contributed by atoms with van der Waals surface area (Å²) in [6, 6.07) is 0. The van der Waals surface area contributed by atoms with Gasteiger partial charge < -0.3 is 0 Å². The molecule has 0 nitrogen and oxygen atoms in total. The summed E-state index contributed by atoms with van der Waals surface area (Å²) >= 11 is 29.5. The highest BCUT2D eigenvalue weighted by Crippen LogP contribution is 2.64. The van der Waals surface area contributed by atoms with Crippen LogP contribution in [-0.2, 0) is 0 Å². The quantitative estimate of drug-likeness (QED) is 0.161. The van der Waals surface area contributed by atoms with Crippen LogP contribution in [0.5, 0.6) is 0 Å². The van der Waals surface area contributed by atoms with Crippen LogP contribution in [0.25, 0.3) is 0 Å². The monoisotopic (exact) mass is 793 g/mol. The van der Waals surface area contributed by atoms with Gasteiger partial charge in [-0.15, -0.1) is 0 Å². The Kier molecular flexibility index (Phi) is 12.8. The molecule has 0 aliphatic carbocycles. The fraction of sp³-hybridized carbons (Fsp3) is 1.00. The standard InChI is InChI=1S/C12H18Br8/c1-2-3-4-5-6-7-8-9(13)10(14,15)11(16,17)12(18,19)20/h9H,2-8H2,1H3. The van der Waals surface area contributed by atoms with Crippen molar-refractivity contribution in [2.45, 2.75) is 65.3 Å². The molecule has 0 N–H and O–H groups in total. The highest BCUT2D eigenvalue weighted by atomic mass is 80.0. The molecule has 0 saturated heterocycles. The van der Waals surface area contributed by atoms with Crippen LogP contribution in [-0.4, -0.2) is 13.4 Å². The number of unbranched alkanes of at least 4 members (excludes halogenated alkanes) is 5. The molecule has 0 radical (unpaired) electrons. The van der Waals surface area contributed by atoms with Crippen LogP contribution in [0.3, 0.4) is 0 Å². The minimum absolute atomic E-state index is 0.256. The molecule has 0 aliphatic rings. The van der Waals surface area contributed by atoms with Gasteiger partial charge in [0, 0.05) is 4.83 Å². The van der Waals surface area contributed by atoms with Crippen LogP contribution in [0, 0.1) is 0 Å². The summed E-state index contributed by atoms with van der Waals surface area (Å²) in [5, 5.41) is 0. The SMILES string of the molecule is CCCCCCCCC(Br)C(Br)(Br)C(Br)(Br)C(Br)(Br)Br. The maximum atomic E-state index is 3.79. The van der Waals surface area contributed by atoms with E-state index in [9.17, 15) is 0 Å². The fourth-order valence-electron chi connectivity index (χ4n) is 1.67. The molecule has 0 amide bonds. The minimum Gasteiger partial charge on any atom is -0.0865 e. The molecule has 0 spiro atoms. The third-order valence-electron chi connectivity index (χ3n) is 2.98. The number of halogens is 8. The number of hydrogen-bond donors (Lipinski definition) is 0. The summed E-state index contributed by atoms with van der Waals surface area (Å²) in [5.41, 5.74) is 0. The van der Waals surface area contributed by atoms with E-state index in [0.717, 1.165) is 6.42 Å².